The molecule has 0 atom stereocenters. The van der Waals surface area contributed by atoms with E-state index in [4.69, 9.17) is 23.2 Å². The summed E-state index contributed by atoms with van der Waals surface area (Å²) in [4.78, 5) is -0.316. The fraction of sp³-hybridized carbons (Fsp3) is 0. The third kappa shape index (κ3) is 3.99. The van der Waals surface area contributed by atoms with Crippen LogP contribution in [0.25, 0.3) is 11.3 Å². The van der Waals surface area contributed by atoms with Gasteiger partial charge in [-0.05, 0) is 48.5 Å². The van der Waals surface area contributed by atoms with Crippen molar-refractivity contribution in [1.82, 2.24) is 9.19 Å². The summed E-state index contributed by atoms with van der Waals surface area (Å²) in [5.74, 6) is 0. The molecule has 0 radical (unpaired) electrons. The highest BCUT2D eigenvalue weighted by Gasteiger charge is 2.31. The van der Waals surface area contributed by atoms with Gasteiger partial charge in [-0.25, -0.2) is 8.42 Å². The average molecular weight is 493 g/mol. The molecular formula is C21H14Cl2N2O4S2. The zero-order valence-electron chi connectivity index (χ0n) is 15.7. The van der Waals surface area contributed by atoms with Crippen LogP contribution in [0.15, 0.2) is 99.7 Å². The molecule has 0 aliphatic rings. The number of halogens is 2. The molecule has 3 aromatic carbocycles. The van der Waals surface area contributed by atoms with E-state index in [9.17, 15) is 16.8 Å². The molecule has 0 fully saturated rings. The summed E-state index contributed by atoms with van der Waals surface area (Å²) in [6, 6.07) is 19.4. The summed E-state index contributed by atoms with van der Waals surface area (Å²) in [7, 11) is -8.27. The van der Waals surface area contributed by atoms with Crippen molar-refractivity contribution in [2.45, 2.75) is 14.7 Å². The number of sulfone groups is 1. The van der Waals surface area contributed by atoms with E-state index in [1.54, 1.807) is 30.3 Å². The van der Waals surface area contributed by atoms with E-state index in [1.807, 2.05) is 0 Å². The standard InChI is InChI=1S/C21H14Cl2N2O4S2/c22-16-8-6-15(7-9-16)21-20(30(26,27)18-12-10-17(23)11-13-18)14-24-25(21)31(28,29)19-4-2-1-3-5-19/h1-14H. The second kappa shape index (κ2) is 8.12. The average Bonchev–Trinajstić information content (AvgIpc) is 3.22. The molecule has 0 spiro atoms. The molecule has 0 saturated heterocycles. The number of aromatic nitrogens is 2. The summed E-state index contributed by atoms with van der Waals surface area (Å²) in [5, 5.41) is 4.76. The van der Waals surface area contributed by atoms with Crippen LogP contribution in [-0.2, 0) is 19.9 Å². The van der Waals surface area contributed by atoms with Gasteiger partial charge in [0.1, 0.15) is 10.6 Å². The van der Waals surface area contributed by atoms with Gasteiger partial charge in [0.25, 0.3) is 10.0 Å². The Morgan fingerprint density at radius 1 is 0.677 bits per heavy atom. The Hall–Kier alpha value is -2.65. The van der Waals surface area contributed by atoms with E-state index >= 15 is 0 Å². The van der Waals surface area contributed by atoms with Crippen LogP contribution < -0.4 is 0 Å². The lowest BCUT2D eigenvalue weighted by atomic mass is 10.2. The largest absolute Gasteiger partial charge is 0.283 e. The molecule has 1 heterocycles. The van der Waals surface area contributed by atoms with Gasteiger partial charge in [0, 0.05) is 15.6 Å². The van der Waals surface area contributed by atoms with Gasteiger partial charge in [-0.3, -0.25) is 0 Å². The zero-order chi connectivity index (χ0) is 22.2. The van der Waals surface area contributed by atoms with Crippen LogP contribution in [0.5, 0.6) is 0 Å². The highest BCUT2D eigenvalue weighted by atomic mass is 35.5. The van der Waals surface area contributed by atoms with Crippen molar-refractivity contribution in [2.24, 2.45) is 0 Å². The number of benzene rings is 3. The monoisotopic (exact) mass is 492 g/mol. The predicted octanol–water partition coefficient (Wildman–Crippen LogP) is 4.93. The molecule has 0 aliphatic carbocycles. The molecular weight excluding hydrogens is 479 g/mol. The van der Waals surface area contributed by atoms with E-state index in [2.05, 4.69) is 5.10 Å². The van der Waals surface area contributed by atoms with Crippen LogP contribution in [0, 0.1) is 0 Å². The summed E-state index contributed by atoms with van der Waals surface area (Å²) in [6.07, 6.45) is 1.04. The van der Waals surface area contributed by atoms with Crippen molar-refractivity contribution in [3.05, 3.63) is 95.1 Å². The van der Waals surface area contributed by atoms with Gasteiger partial charge in [0.15, 0.2) is 0 Å². The van der Waals surface area contributed by atoms with Gasteiger partial charge >= 0.3 is 0 Å². The summed E-state index contributed by atoms with van der Waals surface area (Å²) >= 11 is 11.8. The second-order valence-corrected chi connectivity index (χ2v) is 11.0. The topological polar surface area (TPSA) is 86.1 Å². The first-order chi connectivity index (χ1) is 14.7. The Bertz CT molecular complexity index is 1450. The summed E-state index contributed by atoms with van der Waals surface area (Å²) in [5.41, 5.74) is 0.240. The molecule has 158 valence electrons. The SMILES string of the molecule is O=S(=O)(c1ccc(Cl)cc1)c1cnn(S(=O)(=O)c2ccccc2)c1-c1ccc(Cl)cc1. The van der Waals surface area contributed by atoms with E-state index in [1.165, 1.54) is 48.5 Å². The number of hydrogen-bond acceptors (Lipinski definition) is 5. The van der Waals surface area contributed by atoms with Crippen molar-refractivity contribution in [3.63, 3.8) is 0 Å². The molecule has 0 amide bonds. The van der Waals surface area contributed by atoms with Gasteiger partial charge in [-0.15, -0.1) is 0 Å². The van der Waals surface area contributed by atoms with Crippen LogP contribution in [0.3, 0.4) is 0 Å². The molecule has 4 aromatic rings. The molecule has 6 nitrogen and oxygen atoms in total. The Morgan fingerprint density at radius 3 is 1.81 bits per heavy atom. The maximum atomic E-state index is 13.4. The Morgan fingerprint density at radius 2 is 1.23 bits per heavy atom. The van der Waals surface area contributed by atoms with Crippen molar-refractivity contribution in [2.75, 3.05) is 0 Å². The highest BCUT2D eigenvalue weighted by molar-refractivity contribution is 7.92. The van der Waals surface area contributed by atoms with Gasteiger partial charge in [0.2, 0.25) is 9.84 Å². The van der Waals surface area contributed by atoms with Crippen molar-refractivity contribution in [1.29, 1.82) is 0 Å². The first-order valence-corrected chi connectivity index (χ1v) is 12.5. The minimum atomic E-state index is -4.17. The predicted molar refractivity (Wildman–Crippen MR) is 119 cm³/mol. The van der Waals surface area contributed by atoms with Crippen LogP contribution in [0.4, 0.5) is 0 Å². The van der Waals surface area contributed by atoms with Crippen molar-refractivity contribution in [3.8, 4) is 11.3 Å². The van der Waals surface area contributed by atoms with Crippen molar-refractivity contribution >= 4 is 43.1 Å². The highest BCUT2D eigenvalue weighted by Crippen LogP contribution is 2.34. The fourth-order valence-corrected chi connectivity index (χ4v) is 6.01. The molecule has 0 bridgehead atoms. The Labute approximate surface area is 189 Å². The number of rotatable bonds is 5. The minimum absolute atomic E-state index is 0.0243. The van der Waals surface area contributed by atoms with Gasteiger partial charge in [-0.1, -0.05) is 53.5 Å². The summed E-state index contributed by atoms with van der Waals surface area (Å²) in [6.45, 7) is 0. The summed E-state index contributed by atoms with van der Waals surface area (Å²) < 4.78 is 54.0. The van der Waals surface area contributed by atoms with E-state index in [-0.39, 0.29) is 20.4 Å². The number of nitrogens with zero attached hydrogens (tertiary/aromatic N) is 2. The second-order valence-electron chi connectivity index (χ2n) is 6.48. The molecule has 0 aliphatic heterocycles. The normalized spacial score (nSPS) is 12.1. The molecule has 0 saturated carbocycles. The van der Waals surface area contributed by atoms with E-state index < -0.39 is 19.9 Å². The Balaban J connectivity index is 2.00. The van der Waals surface area contributed by atoms with Gasteiger partial charge < -0.3 is 0 Å². The fourth-order valence-electron chi connectivity index (χ4n) is 2.99. The van der Waals surface area contributed by atoms with Crippen LogP contribution in [-0.4, -0.2) is 26.0 Å². The third-order valence-electron chi connectivity index (χ3n) is 4.50. The molecule has 0 N–H and O–H groups in total. The lowest BCUT2D eigenvalue weighted by molar-refractivity contribution is 0.581. The van der Waals surface area contributed by atoms with Crippen LogP contribution in [0.1, 0.15) is 0 Å². The van der Waals surface area contributed by atoms with Gasteiger partial charge in [-0.2, -0.15) is 17.6 Å². The van der Waals surface area contributed by atoms with E-state index in [0.29, 0.717) is 15.6 Å². The molecule has 4 rings (SSSR count). The lowest BCUT2D eigenvalue weighted by Crippen LogP contribution is -2.16. The Kier molecular flexibility index (Phi) is 5.65. The van der Waals surface area contributed by atoms with Crippen LogP contribution in [0.2, 0.25) is 10.0 Å². The maximum absolute atomic E-state index is 13.4. The third-order valence-corrected chi connectivity index (χ3v) is 8.38. The molecule has 1 aromatic heterocycles. The number of hydrogen-bond donors (Lipinski definition) is 0. The molecule has 10 heteroatoms. The quantitative estimate of drug-likeness (QED) is 0.394. The van der Waals surface area contributed by atoms with E-state index in [0.717, 1.165) is 10.3 Å². The van der Waals surface area contributed by atoms with Crippen molar-refractivity contribution < 1.29 is 16.8 Å². The minimum Gasteiger partial charge on any atom is -0.218 e. The van der Waals surface area contributed by atoms with Crippen LogP contribution >= 0.6 is 23.2 Å². The maximum Gasteiger partial charge on any atom is 0.283 e. The first-order valence-electron chi connectivity index (χ1n) is 8.86. The van der Waals surface area contributed by atoms with Gasteiger partial charge in [0.05, 0.1) is 16.0 Å². The lowest BCUT2D eigenvalue weighted by Gasteiger charge is -2.12. The zero-order valence-corrected chi connectivity index (χ0v) is 18.8. The smallest absolute Gasteiger partial charge is 0.218 e. The first kappa shape index (κ1) is 21.6. The molecule has 31 heavy (non-hydrogen) atoms. The molecule has 0 unspecified atom stereocenters.